The van der Waals surface area contributed by atoms with Gasteiger partial charge in [-0.1, -0.05) is 0 Å². The van der Waals surface area contributed by atoms with Crippen LogP contribution in [0.5, 0.6) is 0 Å². The SMILES string of the molecule is CSCCCCn1c(=S)[nH]c2cccnc21. The highest BCUT2D eigenvalue weighted by Gasteiger charge is 2.03. The number of thioether (sulfide) groups is 1. The second-order valence-electron chi connectivity index (χ2n) is 3.66. The number of nitrogens with one attached hydrogen (secondary N) is 1. The summed E-state index contributed by atoms with van der Waals surface area (Å²) in [6, 6.07) is 3.93. The standard InChI is InChI=1S/C11H15N3S2/c1-16-8-3-2-7-14-10-9(13-11(14)15)5-4-6-12-10/h4-6H,2-3,7-8H2,1H3,(H,13,15). The largest absolute Gasteiger partial charge is 0.329 e. The third-order valence-corrected chi connectivity index (χ3v) is 3.53. The summed E-state index contributed by atoms with van der Waals surface area (Å²) in [5, 5.41) is 0. The maximum absolute atomic E-state index is 5.29. The summed E-state index contributed by atoms with van der Waals surface area (Å²) in [6.45, 7) is 0.955. The van der Waals surface area contributed by atoms with Crippen molar-refractivity contribution < 1.29 is 0 Å². The van der Waals surface area contributed by atoms with Crippen LogP contribution in [-0.4, -0.2) is 26.5 Å². The Hall–Kier alpha value is -0.810. The molecule has 0 radical (unpaired) electrons. The minimum Gasteiger partial charge on any atom is -0.329 e. The second-order valence-corrected chi connectivity index (χ2v) is 5.03. The van der Waals surface area contributed by atoms with Crippen LogP contribution in [0.4, 0.5) is 0 Å². The highest BCUT2D eigenvalue weighted by molar-refractivity contribution is 7.98. The van der Waals surface area contributed by atoms with Gasteiger partial charge in [0, 0.05) is 12.7 Å². The Morgan fingerprint density at radius 1 is 1.50 bits per heavy atom. The van der Waals surface area contributed by atoms with Crippen LogP contribution in [0.1, 0.15) is 12.8 Å². The van der Waals surface area contributed by atoms with Gasteiger partial charge in [-0.15, -0.1) is 0 Å². The molecular formula is C11H15N3S2. The lowest BCUT2D eigenvalue weighted by atomic mass is 10.3. The molecule has 0 fully saturated rings. The Balaban J connectivity index is 2.16. The molecule has 0 aliphatic rings. The summed E-state index contributed by atoms with van der Waals surface area (Å²) in [5.41, 5.74) is 1.99. The van der Waals surface area contributed by atoms with Crippen LogP contribution >= 0.6 is 24.0 Å². The maximum atomic E-state index is 5.29. The van der Waals surface area contributed by atoms with E-state index in [4.69, 9.17) is 12.2 Å². The smallest absolute Gasteiger partial charge is 0.179 e. The molecule has 16 heavy (non-hydrogen) atoms. The van der Waals surface area contributed by atoms with Crippen molar-refractivity contribution in [3.63, 3.8) is 0 Å². The third kappa shape index (κ3) is 2.47. The molecule has 0 bridgehead atoms. The highest BCUT2D eigenvalue weighted by Crippen LogP contribution is 2.12. The molecule has 0 saturated carbocycles. The van der Waals surface area contributed by atoms with E-state index < -0.39 is 0 Å². The minimum absolute atomic E-state index is 0.776. The molecular weight excluding hydrogens is 238 g/mol. The Labute approximate surface area is 104 Å². The van der Waals surface area contributed by atoms with Gasteiger partial charge in [0.15, 0.2) is 10.4 Å². The molecule has 2 aromatic heterocycles. The lowest BCUT2D eigenvalue weighted by molar-refractivity contribution is 0.639. The van der Waals surface area contributed by atoms with Crippen LogP contribution in [0.2, 0.25) is 0 Å². The third-order valence-electron chi connectivity index (χ3n) is 2.51. The normalized spacial score (nSPS) is 11.1. The number of nitrogens with zero attached hydrogens (tertiary/aromatic N) is 2. The molecule has 2 aromatic rings. The molecule has 0 aliphatic heterocycles. The van der Waals surface area contributed by atoms with Gasteiger partial charge in [0.25, 0.3) is 0 Å². The van der Waals surface area contributed by atoms with Gasteiger partial charge in [0.1, 0.15) is 0 Å². The van der Waals surface area contributed by atoms with Crippen LogP contribution < -0.4 is 0 Å². The zero-order valence-corrected chi connectivity index (χ0v) is 10.9. The highest BCUT2D eigenvalue weighted by atomic mass is 32.2. The van der Waals surface area contributed by atoms with Gasteiger partial charge >= 0.3 is 0 Å². The van der Waals surface area contributed by atoms with E-state index in [-0.39, 0.29) is 0 Å². The van der Waals surface area contributed by atoms with E-state index in [0.717, 1.165) is 28.9 Å². The number of imidazole rings is 1. The van der Waals surface area contributed by atoms with Crippen LogP contribution in [-0.2, 0) is 6.54 Å². The number of H-pyrrole nitrogens is 1. The number of pyridine rings is 1. The van der Waals surface area contributed by atoms with E-state index in [0.29, 0.717) is 0 Å². The first kappa shape index (κ1) is 11.7. The van der Waals surface area contributed by atoms with Crippen molar-refractivity contribution in [3.05, 3.63) is 23.1 Å². The lowest BCUT2D eigenvalue weighted by Crippen LogP contribution is -1.99. The average molecular weight is 253 g/mol. The zero-order chi connectivity index (χ0) is 11.4. The van der Waals surface area contributed by atoms with Gasteiger partial charge in [0.05, 0.1) is 5.52 Å². The molecule has 5 heteroatoms. The summed E-state index contributed by atoms with van der Waals surface area (Å²) in [5.74, 6) is 1.21. The van der Waals surface area contributed by atoms with E-state index in [1.54, 1.807) is 0 Å². The number of aryl methyl sites for hydroxylation is 1. The van der Waals surface area contributed by atoms with Crippen molar-refractivity contribution in [2.75, 3.05) is 12.0 Å². The maximum Gasteiger partial charge on any atom is 0.179 e. The van der Waals surface area contributed by atoms with Gasteiger partial charge < -0.3 is 9.55 Å². The first-order chi connectivity index (χ1) is 7.83. The van der Waals surface area contributed by atoms with Gasteiger partial charge in [-0.2, -0.15) is 11.8 Å². The zero-order valence-electron chi connectivity index (χ0n) is 9.27. The second kappa shape index (κ2) is 5.50. The fourth-order valence-corrected chi connectivity index (χ4v) is 2.49. The number of hydrogen-bond acceptors (Lipinski definition) is 3. The monoisotopic (exact) mass is 253 g/mol. The van der Waals surface area contributed by atoms with Crippen molar-refractivity contribution in [3.8, 4) is 0 Å². The summed E-state index contributed by atoms with van der Waals surface area (Å²) >= 11 is 7.18. The number of hydrogen-bond donors (Lipinski definition) is 1. The first-order valence-corrected chi connectivity index (χ1v) is 7.15. The Bertz CT molecular complexity index is 515. The molecule has 2 heterocycles. The molecule has 0 aromatic carbocycles. The molecule has 86 valence electrons. The number of aromatic amines is 1. The summed E-state index contributed by atoms with van der Waals surface area (Å²) in [6.07, 6.45) is 6.32. The fraction of sp³-hybridized carbons (Fsp3) is 0.455. The van der Waals surface area contributed by atoms with E-state index >= 15 is 0 Å². The number of fused-ring (bicyclic) bond motifs is 1. The summed E-state index contributed by atoms with van der Waals surface area (Å²) in [7, 11) is 0. The van der Waals surface area contributed by atoms with Crippen molar-refractivity contribution in [2.45, 2.75) is 19.4 Å². The molecule has 0 saturated heterocycles. The van der Waals surface area contributed by atoms with E-state index in [9.17, 15) is 0 Å². The van der Waals surface area contributed by atoms with Crippen LogP contribution in [0.15, 0.2) is 18.3 Å². The van der Waals surface area contributed by atoms with Gasteiger partial charge in [-0.05, 0) is 49.2 Å². The molecule has 0 unspecified atom stereocenters. The predicted octanol–water partition coefficient (Wildman–Crippen LogP) is 3.24. The Morgan fingerprint density at radius 3 is 3.19 bits per heavy atom. The van der Waals surface area contributed by atoms with Crippen LogP contribution in [0.3, 0.4) is 0 Å². The number of rotatable bonds is 5. The van der Waals surface area contributed by atoms with Crippen molar-refractivity contribution >= 4 is 35.1 Å². The summed E-state index contributed by atoms with van der Waals surface area (Å²) in [4.78, 5) is 7.54. The van der Waals surface area contributed by atoms with Crippen LogP contribution in [0, 0.1) is 4.77 Å². The Kier molecular flexibility index (Phi) is 4.01. The molecule has 1 N–H and O–H groups in total. The van der Waals surface area contributed by atoms with Crippen molar-refractivity contribution in [1.82, 2.24) is 14.5 Å². The van der Waals surface area contributed by atoms with Crippen LogP contribution in [0.25, 0.3) is 11.2 Å². The van der Waals surface area contributed by atoms with E-state index in [1.165, 1.54) is 12.2 Å². The Morgan fingerprint density at radius 2 is 2.38 bits per heavy atom. The summed E-state index contributed by atoms with van der Waals surface area (Å²) < 4.78 is 2.86. The van der Waals surface area contributed by atoms with Gasteiger partial charge in [-0.25, -0.2) is 4.98 Å². The lowest BCUT2D eigenvalue weighted by Gasteiger charge is -2.02. The quantitative estimate of drug-likeness (QED) is 0.656. The van der Waals surface area contributed by atoms with Gasteiger partial charge in [-0.3, -0.25) is 0 Å². The molecule has 0 atom stereocenters. The van der Waals surface area contributed by atoms with E-state index in [1.807, 2.05) is 30.1 Å². The van der Waals surface area contributed by atoms with Crippen molar-refractivity contribution in [1.29, 1.82) is 0 Å². The van der Waals surface area contributed by atoms with E-state index in [2.05, 4.69) is 20.8 Å². The predicted molar refractivity (Wildman–Crippen MR) is 72.5 cm³/mol. The number of aromatic nitrogens is 3. The average Bonchev–Trinajstić information content (AvgIpc) is 2.61. The molecule has 2 rings (SSSR count). The molecule has 0 spiro atoms. The number of unbranched alkanes of at least 4 members (excludes halogenated alkanes) is 1. The molecule has 0 aliphatic carbocycles. The minimum atomic E-state index is 0.776. The molecule has 3 nitrogen and oxygen atoms in total. The van der Waals surface area contributed by atoms with Gasteiger partial charge in [0.2, 0.25) is 0 Å². The molecule has 0 amide bonds. The van der Waals surface area contributed by atoms with Crippen molar-refractivity contribution in [2.24, 2.45) is 0 Å². The topological polar surface area (TPSA) is 33.6 Å². The fourth-order valence-electron chi connectivity index (χ4n) is 1.71. The first-order valence-electron chi connectivity index (χ1n) is 5.35.